The summed E-state index contributed by atoms with van der Waals surface area (Å²) in [6.45, 7) is 12.5. The van der Waals surface area contributed by atoms with Gasteiger partial charge in [0, 0.05) is 65.9 Å². The number of hydrogen-bond acceptors (Lipinski definition) is 4. The SMILES string of the molecule is CC[C@H]1CN(CC2CCN(C(C)=O)CC2)CCN1CCOC. The zero-order chi connectivity index (χ0) is 15.9. The molecule has 128 valence electrons. The van der Waals surface area contributed by atoms with E-state index in [-0.39, 0.29) is 5.91 Å². The Labute approximate surface area is 135 Å². The average Bonchev–Trinajstić information content (AvgIpc) is 2.54. The lowest BCUT2D eigenvalue weighted by Crippen LogP contribution is -2.54. The molecule has 0 bridgehead atoms. The van der Waals surface area contributed by atoms with Crippen molar-refractivity contribution >= 4 is 5.91 Å². The van der Waals surface area contributed by atoms with E-state index in [4.69, 9.17) is 4.74 Å². The van der Waals surface area contributed by atoms with Gasteiger partial charge in [-0.25, -0.2) is 0 Å². The van der Waals surface area contributed by atoms with Gasteiger partial charge in [-0.2, -0.15) is 0 Å². The van der Waals surface area contributed by atoms with Gasteiger partial charge in [-0.1, -0.05) is 6.92 Å². The summed E-state index contributed by atoms with van der Waals surface area (Å²) >= 11 is 0. The Morgan fingerprint density at radius 3 is 2.50 bits per heavy atom. The zero-order valence-electron chi connectivity index (χ0n) is 14.6. The van der Waals surface area contributed by atoms with Crippen LogP contribution in [-0.2, 0) is 9.53 Å². The predicted octanol–water partition coefficient (Wildman–Crippen LogP) is 1.29. The Bertz CT molecular complexity index is 343. The molecule has 22 heavy (non-hydrogen) atoms. The van der Waals surface area contributed by atoms with E-state index >= 15 is 0 Å². The van der Waals surface area contributed by atoms with Crippen LogP contribution in [-0.4, -0.2) is 86.2 Å². The maximum atomic E-state index is 11.4. The highest BCUT2D eigenvalue weighted by Crippen LogP contribution is 2.21. The summed E-state index contributed by atoms with van der Waals surface area (Å²) in [7, 11) is 1.78. The van der Waals surface area contributed by atoms with E-state index in [1.165, 1.54) is 38.9 Å². The monoisotopic (exact) mass is 311 g/mol. The number of nitrogens with zero attached hydrogens (tertiary/aromatic N) is 3. The number of piperidine rings is 1. The molecular formula is C17H33N3O2. The van der Waals surface area contributed by atoms with E-state index in [0.29, 0.717) is 6.04 Å². The highest BCUT2D eigenvalue weighted by Gasteiger charge is 2.28. The molecule has 0 aromatic carbocycles. The first kappa shape index (κ1) is 17.7. The number of piperazine rings is 1. The molecule has 0 spiro atoms. The second-order valence-electron chi connectivity index (χ2n) is 6.80. The van der Waals surface area contributed by atoms with Gasteiger partial charge in [-0.05, 0) is 25.2 Å². The fourth-order valence-corrected chi connectivity index (χ4v) is 3.81. The Morgan fingerprint density at radius 1 is 1.18 bits per heavy atom. The van der Waals surface area contributed by atoms with Crippen LogP contribution in [0.15, 0.2) is 0 Å². The van der Waals surface area contributed by atoms with Crippen LogP contribution in [0.3, 0.4) is 0 Å². The number of methoxy groups -OCH3 is 1. The average molecular weight is 311 g/mol. The van der Waals surface area contributed by atoms with Gasteiger partial charge >= 0.3 is 0 Å². The van der Waals surface area contributed by atoms with Crippen molar-refractivity contribution in [2.45, 2.75) is 39.2 Å². The van der Waals surface area contributed by atoms with Crippen LogP contribution in [0.5, 0.6) is 0 Å². The van der Waals surface area contributed by atoms with Gasteiger partial charge in [0.05, 0.1) is 6.61 Å². The van der Waals surface area contributed by atoms with Crippen molar-refractivity contribution < 1.29 is 9.53 Å². The molecule has 2 saturated heterocycles. The molecule has 2 heterocycles. The maximum Gasteiger partial charge on any atom is 0.219 e. The van der Waals surface area contributed by atoms with Gasteiger partial charge in [0.2, 0.25) is 5.91 Å². The molecular weight excluding hydrogens is 278 g/mol. The van der Waals surface area contributed by atoms with Gasteiger partial charge in [-0.15, -0.1) is 0 Å². The van der Waals surface area contributed by atoms with E-state index in [1.54, 1.807) is 14.0 Å². The molecule has 0 saturated carbocycles. The van der Waals surface area contributed by atoms with Crippen molar-refractivity contribution in [1.82, 2.24) is 14.7 Å². The lowest BCUT2D eigenvalue weighted by atomic mass is 9.95. The summed E-state index contributed by atoms with van der Waals surface area (Å²) in [5.74, 6) is 0.995. The topological polar surface area (TPSA) is 36.0 Å². The Kier molecular flexibility index (Phi) is 7.12. The predicted molar refractivity (Wildman–Crippen MR) is 88.9 cm³/mol. The molecule has 0 aromatic rings. The van der Waals surface area contributed by atoms with Crippen LogP contribution in [0.25, 0.3) is 0 Å². The van der Waals surface area contributed by atoms with Crippen LogP contribution in [0, 0.1) is 5.92 Å². The summed E-state index contributed by atoms with van der Waals surface area (Å²) in [6, 6.07) is 0.668. The van der Waals surface area contributed by atoms with Gasteiger partial charge in [0.25, 0.3) is 0 Å². The number of amides is 1. The molecule has 5 nitrogen and oxygen atoms in total. The smallest absolute Gasteiger partial charge is 0.219 e. The van der Waals surface area contributed by atoms with Crippen LogP contribution in [0.4, 0.5) is 0 Å². The molecule has 5 heteroatoms. The summed E-state index contributed by atoms with van der Waals surface area (Å²) in [5, 5.41) is 0. The molecule has 2 fully saturated rings. The zero-order valence-corrected chi connectivity index (χ0v) is 14.6. The molecule has 0 aliphatic carbocycles. The van der Waals surface area contributed by atoms with Gasteiger partial charge in [0.15, 0.2) is 0 Å². The molecule has 1 atom stereocenters. The van der Waals surface area contributed by atoms with Crippen molar-refractivity contribution in [3.63, 3.8) is 0 Å². The Hall–Kier alpha value is -0.650. The fraction of sp³-hybridized carbons (Fsp3) is 0.941. The van der Waals surface area contributed by atoms with Gasteiger partial charge in [-0.3, -0.25) is 9.69 Å². The van der Waals surface area contributed by atoms with Crippen LogP contribution < -0.4 is 0 Å². The quantitative estimate of drug-likeness (QED) is 0.740. The third-order valence-corrected chi connectivity index (χ3v) is 5.32. The number of carbonyl (C=O) groups excluding carboxylic acids is 1. The fourth-order valence-electron chi connectivity index (χ4n) is 3.81. The summed E-state index contributed by atoms with van der Waals surface area (Å²) in [6.07, 6.45) is 3.55. The minimum absolute atomic E-state index is 0.233. The van der Waals surface area contributed by atoms with E-state index in [9.17, 15) is 4.79 Å². The first-order chi connectivity index (χ1) is 10.6. The second kappa shape index (κ2) is 8.85. The summed E-state index contributed by atoms with van der Waals surface area (Å²) in [4.78, 5) is 18.6. The normalized spacial score (nSPS) is 25.6. The number of ether oxygens (including phenoxy) is 1. The molecule has 0 N–H and O–H groups in total. The molecule has 2 aliphatic rings. The molecule has 2 rings (SSSR count). The van der Waals surface area contributed by atoms with Crippen molar-refractivity contribution in [1.29, 1.82) is 0 Å². The third kappa shape index (κ3) is 4.93. The molecule has 0 unspecified atom stereocenters. The minimum Gasteiger partial charge on any atom is -0.383 e. The van der Waals surface area contributed by atoms with Crippen molar-refractivity contribution in [2.75, 3.05) is 59.5 Å². The van der Waals surface area contributed by atoms with Crippen molar-refractivity contribution in [3.05, 3.63) is 0 Å². The third-order valence-electron chi connectivity index (χ3n) is 5.32. The van der Waals surface area contributed by atoms with Crippen LogP contribution in [0.1, 0.15) is 33.1 Å². The highest BCUT2D eigenvalue weighted by molar-refractivity contribution is 5.73. The van der Waals surface area contributed by atoms with Crippen LogP contribution >= 0.6 is 0 Å². The Balaban J connectivity index is 1.74. The van der Waals surface area contributed by atoms with E-state index in [0.717, 1.165) is 38.7 Å². The number of likely N-dealkylation sites (tertiary alicyclic amines) is 1. The summed E-state index contributed by atoms with van der Waals surface area (Å²) < 4.78 is 5.23. The molecule has 2 aliphatic heterocycles. The largest absolute Gasteiger partial charge is 0.383 e. The lowest BCUT2D eigenvalue weighted by Gasteiger charge is -2.43. The second-order valence-corrected chi connectivity index (χ2v) is 6.80. The first-order valence-corrected chi connectivity index (χ1v) is 8.84. The Morgan fingerprint density at radius 2 is 1.91 bits per heavy atom. The van der Waals surface area contributed by atoms with Crippen molar-refractivity contribution in [2.24, 2.45) is 5.92 Å². The number of hydrogen-bond donors (Lipinski definition) is 0. The molecule has 0 radical (unpaired) electrons. The maximum absolute atomic E-state index is 11.4. The van der Waals surface area contributed by atoms with E-state index in [2.05, 4.69) is 16.7 Å². The van der Waals surface area contributed by atoms with E-state index < -0.39 is 0 Å². The standard InChI is InChI=1S/C17H33N3O2/c1-4-17-14-18(9-10-20(17)11-12-22-3)13-16-5-7-19(8-6-16)15(2)21/h16-17H,4-14H2,1-3H3/t17-/m0/s1. The summed E-state index contributed by atoms with van der Waals surface area (Å²) in [5.41, 5.74) is 0. The number of carbonyl (C=O) groups is 1. The van der Waals surface area contributed by atoms with Gasteiger partial charge < -0.3 is 14.5 Å². The molecule has 1 amide bonds. The van der Waals surface area contributed by atoms with Gasteiger partial charge in [0.1, 0.15) is 0 Å². The minimum atomic E-state index is 0.233. The van der Waals surface area contributed by atoms with Crippen LogP contribution in [0.2, 0.25) is 0 Å². The lowest BCUT2D eigenvalue weighted by molar-refractivity contribution is -0.130. The molecule has 0 aromatic heterocycles. The van der Waals surface area contributed by atoms with E-state index in [1.807, 2.05) is 4.90 Å². The number of rotatable bonds is 6. The first-order valence-electron chi connectivity index (χ1n) is 8.84. The van der Waals surface area contributed by atoms with Crippen molar-refractivity contribution in [3.8, 4) is 0 Å². The highest BCUT2D eigenvalue weighted by atomic mass is 16.5.